The molecule has 2 rings (SSSR count). The number of anilines is 1. The second-order valence-corrected chi connectivity index (χ2v) is 6.42. The first-order valence-corrected chi connectivity index (χ1v) is 7.51. The highest BCUT2D eigenvalue weighted by Crippen LogP contribution is 2.25. The Balaban J connectivity index is 2.07. The maximum atomic E-state index is 13.5. The number of nitrogens with one attached hydrogen (secondary N) is 2. The van der Waals surface area contributed by atoms with Gasteiger partial charge in [-0.2, -0.15) is 0 Å². The van der Waals surface area contributed by atoms with Gasteiger partial charge in [0.05, 0.1) is 5.69 Å². The third kappa shape index (κ3) is 3.69. The topological polar surface area (TPSA) is 78.5 Å². The van der Waals surface area contributed by atoms with Crippen LogP contribution < -0.4 is 10.6 Å². The van der Waals surface area contributed by atoms with E-state index in [-0.39, 0.29) is 11.6 Å². The summed E-state index contributed by atoms with van der Waals surface area (Å²) in [5.74, 6) is -2.68. The predicted octanol–water partition coefficient (Wildman–Crippen LogP) is 2.26. The molecule has 1 aromatic rings. The van der Waals surface area contributed by atoms with E-state index in [9.17, 15) is 23.2 Å². The average molecular weight is 339 g/mol. The lowest BCUT2D eigenvalue weighted by Crippen LogP contribution is -2.45. The Hall–Kier alpha value is -2.51. The van der Waals surface area contributed by atoms with Crippen LogP contribution in [0.2, 0.25) is 0 Å². The molecular formula is C16H19F2N3O3. The molecule has 0 radical (unpaired) electrons. The van der Waals surface area contributed by atoms with Crippen LogP contribution in [0.1, 0.15) is 27.2 Å². The van der Waals surface area contributed by atoms with Crippen molar-refractivity contribution in [1.82, 2.24) is 10.2 Å². The smallest absolute Gasteiger partial charge is 0.323 e. The summed E-state index contributed by atoms with van der Waals surface area (Å²) >= 11 is 0. The molecule has 0 aromatic heterocycles. The number of carbonyl (C=O) groups is 3. The number of rotatable bonds is 5. The molecule has 0 saturated carbocycles. The van der Waals surface area contributed by atoms with Crippen molar-refractivity contribution in [3.8, 4) is 0 Å². The maximum Gasteiger partial charge on any atom is 0.325 e. The molecule has 1 aliphatic rings. The summed E-state index contributed by atoms with van der Waals surface area (Å²) in [6.45, 7) is 4.84. The lowest BCUT2D eigenvalue weighted by atomic mass is 9.91. The summed E-state index contributed by atoms with van der Waals surface area (Å²) < 4.78 is 26.6. The van der Waals surface area contributed by atoms with Gasteiger partial charge < -0.3 is 10.6 Å². The fourth-order valence-electron chi connectivity index (χ4n) is 2.77. The van der Waals surface area contributed by atoms with Crippen LogP contribution in [0, 0.1) is 17.6 Å². The number of imide groups is 1. The van der Waals surface area contributed by atoms with Gasteiger partial charge in [-0.15, -0.1) is 0 Å². The number of carbonyl (C=O) groups excluding carboxylic acids is 3. The zero-order valence-corrected chi connectivity index (χ0v) is 13.7. The van der Waals surface area contributed by atoms with Crippen molar-refractivity contribution >= 4 is 23.5 Å². The number of benzene rings is 1. The highest BCUT2D eigenvalue weighted by atomic mass is 19.1. The van der Waals surface area contributed by atoms with Crippen molar-refractivity contribution in [3.05, 3.63) is 29.8 Å². The van der Waals surface area contributed by atoms with Gasteiger partial charge in [0.15, 0.2) is 0 Å². The van der Waals surface area contributed by atoms with Gasteiger partial charge in [-0.3, -0.25) is 14.5 Å². The van der Waals surface area contributed by atoms with Crippen molar-refractivity contribution in [2.24, 2.45) is 5.92 Å². The minimum Gasteiger partial charge on any atom is -0.323 e. The second-order valence-electron chi connectivity index (χ2n) is 6.42. The first-order valence-electron chi connectivity index (χ1n) is 7.51. The fourth-order valence-corrected chi connectivity index (χ4v) is 2.77. The molecule has 6 nitrogen and oxygen atoms in total. The summed E-state index contributed by atoms with van der Waals surface area (Å²) in [7, 11) is 0. The Bertz CT molecular complexity index is 693. The van der Waals surface area contributed by atoms with E-state index in [2.05, 4.69) is 10.6 Å². The minimum absolute atomic E-state index is 0.161. The highest BCUT2D eigenvalue weighted by Gasteiger charge is 2.48. The minimum atomic E-state index is -1.07. The quantitative estimate of drug-likeness (QED) is 0.808. The van der Waals surface area contributed by atoms with E-state index in [4.69, 9.17) is 0 Å². The van der Waals surface area contributed by atoms with Crippen molar-refractivity contribution < 1.29 is 23.2 Å². The number of nitrogens with zero attached hydrogens (tertiary/aromatic N) is 1. The van der Waals surface area contributed by atoms with Crippen molar-refractivity contribution in [2.75, 3.05) is 11.9 Å². The molecule has 0 aliphatic carbocycles. The molecule has 1 fully saturated rings. The van der Waals surface area contributed by atoms with Crippen molar-refractivity contribution in [3.63, 3.8) is 0 Å². The largest absolute Gasteiger partial charge is 0.325 e. The van der Waals surface area contributed by atoms with E-state index >= 15 is 0 Å². The SMILES string of the molecule is CC(C)C[C@@]1(C)NC(=O)N(CC(=O)Nc2cc(F)ccc2F)C1=O. The predicted molar refractivity (Wildman–Crippen MR) is 83.1 cm³/mol. The second kappa shape index (κ2) is 6.54. The maximum absolute atomic E-state index is 13.5. The van der Waals surface area contributed by atoms with Gasteiger partial charge in [-0.05, 0) is 31.4 Å². The molecule has 1 aliphatic heterocycles. The van der Waals surface area contributed by atoms with Gasteiger partial charge in [0, 0.05) is 6.07 Å². The monoisotopic (exact) mass is 339 g/mol. The number of halogens is 2. The molecule has 1 saturated heterocycles. The van der Waals surface area contributed by atoms with Crippen LogP contribution in [0.4, 0.5) is 19.3 Å². The highest BCUT2D eigenvalue weighted by molar-refractivity contribution is 6.09. The van der Waals surface area contributed by atoms with E-state index < -0.39 is 41.6 Å². The molecule has 4 amide bonds. The molecule has 0 spiro atoms. The van der Waals surface area contributed by atoms with E-state index in [1.54, 1.807) is 6.92 Å². The Labute approximate surface area is 138 Å². The van der Waals surface area contributed by atoms with Gasteiger partial charge in [0.1, 0.15) is 23.7 Å². The summed E-state index contributed by atoms with van der Waals surface area (Å²) in [4.78, 5) is 37.1. The molecular weight excluding hydrogens is 320 g/mol. The molecule has 8 heteroatoms. The average Bonchev–Trinajstić information content (AvgIpc) is 2.65. The molecule has 130 valence electrons. The lowest BCUT2D eigenvalue weighted by molar-refractivity contribution is -0.133. The van der Waals surface area contributed by atoms with Crippen LogP contribution >= 0.6 is 0 Å². The standard InChI is InChI=1S/C16H19F2N3O3/c1-9(2)7-16(3)14(23)21(15(24)20-16)8-13(22)19-12-6-10(17)4-5-11(12)18/h4-6,9H,7-8H2,1-3H3,(H,19,22)(H,20,24)/t16-/m1/s1. The third-order valence-electron chi connectivity index (χ3n) is 3.67. The van der Waals surface area contributed by atoms with E-state index in [1.165, 1.54) is 0 Å². The van der Waals surface area contributed by atoms with E-state index in [1.807, 2.05) is 13.8 Å². The van der Waals surface area contributed by atoms with Crippen LogP contribution in [0.25, 0.3) is 0 Å². The Morgan fingerprint density at radius 3 is 2.62 bits per heavy atom. The molecule has 0 bridgehead atoms. The van der Waals surface area contributed by atoms with Gasteiger partial charge >= 0.3 is 6.03 Å². The third-order valence-corrected chi connectivity index (χ3v) is 3.67. The summed E-state index contributed by atoms with van der Waals surface area (Å²) in [5.41, 5.74) is -1.42. The number of amides is 4. The van der Waals surface area contributed by atoms with Crippen LogP contribution in [0.3, 0.4) is 0 Å². The molecule has 1 heterocycles. The number of urea groups is 1. The molecule has 24 heavy (non-hydrogen) atoms. The zero-order valence-electron chi connectivity index (χ0n) is 13.7. The Morgan fingerprint density at radius 2 is 2.00 bits per heavy atom. The number of hydrogen-bond donors (Lipinski definition) is 2. The van der Waals surface area contributed by atoms with Gasteiger partial charge in [-0.1, -0.05) is 13.8 Å². The Morgan fingerprint density at radius 1 is 1.33 bits per heavy atom. The molecule has 2 N–H and O–H groups in total. The van der Waals surface area contributed by atoms with Crippen molar-refractivity contribution in [2.45, 2.75) is 32.7 Å². The zero-order chi connectivity index (χ0) is 18.1. The summed E-state index contributed by atoms with van der Waals surface area (Å²) in [5, 5.41) is 4.73. The Kier molecular flexibility index (Phi) is 4.86. The van der Waals surface area contributed by atoms with Gasteiger partial charge in [-0.25, -0.2) is 13.6 Å². The first kappa shape index (κ1) is 17.8. The van der Waals surface area contributed by atoms with Crippen LogP contribution in [0.5, 0.6) is 0 Å². The van der Waals surface area contributed by atoms with Crippen molar-refractivity contribution in [1.29, 1.82) is 0 Å². The summed E-state index contributed by atoms with van der Waals surface area (Å²) in [6.07, 6.45) is 0.425. The van der Waals surface area contributed by atoms with Gasteiger partial charge in [0.2, 0.25) is 5.91 Å². The lowest BCUT2D eigenvalue weighted by Gasteiger charge is -2.23. The van der Waals surface area contributed by atoms with Crippen LogP contribution in [-0.2, 0) is 9.59 Å². The van der Waals surface area contributed by atoms with E-state index in [0.717, 1.165) is 23.1 Å². The molecule has 0 unspecified atom stereocenters. The fraction of sp³-hybridized carbons (Fsp3) is 0.438. The van der Waals surface area contributed by atoms with E-state index in [0.29, 0.717) is 6.42 Å². The first-order chi connectivity index (χ1) is 11.1. The molecule has 1 atom stereocenters. The number of hydrogen-bond acceptors (Lipinski definition) is 3. The summed E-state index contributed by atoms with van der Waals surface area (Å²) in [6, 6.07) is 1.93. The van der Waals surface area contributed by atoms with Gasteiger partial charge in [0.25, 0.3) is 5.91 Å². The normalized spacial score (nSPS) is 20.5. The van der Waals surface area contributed by atoms with Crippen LogP contribution in [-0.4, -0.2) is 34.8 Å². The van der Waals surface area contributed by atoms with Crippen LogP contribution in [0.15, 0.2) is 18.2 Å². The molecule has 1 aromatic carbocycles.